The molecule has 4 heteroatoms. The number of amides is 1. The summed E-state index contributed by atoms with van der Waals surface area (Å²) >= 11 is 0. The Morgan fingerprint density at radius 1 is 1.47 bits per heavy atom. The first-order chi connectivity index (χ1) is 9.18. The van der Waals surface area contributed by atoms with Crippen molar-refractivity contribution in [3.63, 3.8) is 0 Å². The lowest BCUT2D eigenvalue weighted by atomic mass is 9.94. The van der Waals surface area contributed by atoms with Crippen molar-refractivity contribution in [3.8, 4) is 0 Å². The van der Waals surface area contributed by atoms with Gasteiger partial charge in [-0.15, -0.1) is 0 Å². The fourth-order valence-electron chi connectivity index (χ4n) is 2.32. The Balaban J connectivity index is 1.90. The van der Waals surface area contributed by atoms with E-state index in [1.165, 1.54) is 12.8 Å². The van der Waals surface area contributed by atoms with Gasteiger partial charge in [-0.3, -0.25) is 4.79 Å². The van der Waals surface area contributed by atoms with Crippen molar-refractivity contribution in [1.29, 1.82) is 0 Å². The quantitative estimate of drug-likeness (QED) is 0.630. The minimum atomic E-state index is 0.189. The Bertz CT molecular complexity index is 238. The zero-order valence-electron chi connectivity index (χ0n) is 12.5. The number of hydrogen-bond donors (Lipinski definition) is 2. The molecule has 19 heavy (non-hydrogen) atoms. The van der Waals surface area contributed by atoms with Crippen LogP contribution in [0.1, 0.15) is 46.0 Å². The standard InChI is InChI=1S/C15H30N2O2/c1-13(2)12-19-10-4-9-17-15(18)7-6-14-5-3-8-16-11-14/h13-14,16H,3-12H2,1-2H3,(H,17,18). The zero-order valence-corrected chi connectivity index (χ0v) is 12.5. The van der Waals surface area contributed by atoms with E-state index in [4.69, 9.17) is 4.74 Å². The number of carbonyl (C=O) groups excluding carboxylic acids is 1. The second kappa shape index (κ2) is 10.2. The first-order valence-corrected chi connectivity index (χ1v) is 7.73. The highest BCUT2D eigenvalue weighted by Gasteiger charge is 2.14. The van der Waals surface area contributed by atoms with E-state index in [2.05, 4.69) is 24.5 Å². The summed E-state index contributed by atoms with van der Waals surface area (Å²) in [6.07, 6.45) is 5.11. The van der Waals surface area contributed by atoms with Crippen LogP contribution in [-0.2, 0) is 9.53 Å². The van der Waals surface area contributed by atoms with Crippen molar-refractivity contribution in [2.45, 2.75) is 46.0 Å². The second-order valence-electron chi connectivity index (χ2n) is 5.92. The van der Waals surface area contributed by atoms with Gasteiger partial charge >= 0.3 is 0 Å². The maximum absolute atomic E-state index is 11.7. The Morgan fingerprint density at radius 3 is 3.00 bits per heavy atom. The van der Waals surface area contributed by atoms with E-state index >= 15 is 0 Å². The number of rotatable bonds is 9. The molecule has 112 valence electrons. The van der Waals surface area contributed by atoms with E-state index < -0.39 is 0 Å². The average Bonchev–Trinajstić information content (AvgIpc) is 2.41. The molecule has 0 aromatic carbocycles. The molecule has 0 aromatic heterocycles. The molecule has 0 aliphatic carbocycles. The predicted octanol–water partition coefficient (Wildman–Crippen LogP) is 1.95. The van der Waals surface area contributed by atoms with E-state index in [0.29, 0.717) is 18.3 Å². The topological polar surface area (TPSA) is 50.4 Å². The zero-order chi connectivity index (χ0) is 13.9. The summed E-state index contributed by atoms with van der Waals surface area (Å²) in [5, 5.41) is 6.36. The molecule has 4 nitrogen and oxygen atoms in total. The molecule has 1 unspecified atom stereocenters. The van der Waals surface area contributed by atoms with Gasteiger partial charge in [0.2, 0.25) is 5.91 Å². The van der Waals surface area contributed by atoms with Gasteiger partial charge < -0.3 is 15.4 Å². The predicted molar refractivity (Wildman–Crippen MR) is 78.1 cm³/mol. The van der Waals surface area contributed by atoms with Gasteiger partial charge in [-0.25, -0.2) is 0 Å². The molecule has 1 fully saturated rings. The van der Waals surface area contributed by atoms with Gasteiger partial charge in [-0.1, -0.05) is 13.8 Å². The molecule has 1 atom stereocenters. The van der Waals surface area contributed by atoms with Gasteiger partial charge in [0.05, 0.1) is 0 Å². The van der Waals surface area contributed by atoms with Crippen LogP contribution >= 0.6 is 0 Å². The lowest BCUT2D eigenvalue weighted by molar-refractivity contribution is -0.121. The maximum atomic E-state index is 11.7. The number of piperidine rings is 1. The summed E-state index contributed by atoms with van der Waals surface area (Å²) < 4.78 is 5.47. The molecule has 1 aliphatic heterocycles. The third kappa shape index (κ3) is 9.00. The number of ether oxygens (including phenoxy) is 1. The fraction of sp³-hybridized carbons (Fsp3) is 0.933. The molecule has 0 aromatic rings. The van der Waals surface area contributed by atoms with E-state index in [1.54, 1.807) is 0 Å². The van der Waals surface area contributed by atoms with Crippen molar-refractivity contribution in [2.24, 2.45) is 11.8 Å². The summed E-state index contributed by atoms with van der Waals surface area (Å²) in [7, 11) is 0. The number of carbonyl (C=O) groups is 1. The Morgan fingerprint density at radius 2 is 2.32 bits per heavy atom. The molecular weight excluding hydrogens is 240 g/mol. The lowest BCUT2D eigenvalue weighted by Gasteiger charge is -2.22. The van der Waals surface area contributed by atoms with Crippen molar-refractivity contribution in [2.75, 3.05) is 32.8 Å². The van der Waals surface area contributed by atoms with Crippen molar-refractivity contribution < 1.29 is 9.53 Å². The van der Waals surface area contributed by atoms with Crippen LogP contribution in [0.4, 0.5) is 0 Å². The molecule has 0 saturated carbocycles. The maximum Gasteiger partial charge on any atom is 0.220 e. The SMILES string of the molecule is CC(C)COCCCNC(=O)CCC1CCCNC1. The molecular formula is C15H30N2O2. The molecule has 1 rings (SSSR count). The first-order valence-electron chi connectivity index (χ1n) is 7.73. The van der Waals surface area contributed by atoms with Gasteiger partial charge in [0, 0.05) is 26.2 Å². The van der Waals surface area contributed by atoms with Crippen molar-refractivity contribution in [1.82, 2.24) is 10.6 Å². The van der Waals surface area contributed by atoms with E-state index in [-0.39, 0.29) is 5.91 Å². The smallest absolute Gasteiger partial charge is 0.220 e. The summed E-state index contributed by atoms with van der Waals surface area (Å²) in [6.45, 7) is 8.78. The Hall–Kier alpha value is -0.610. The minimum absolute atomic E-state index is 0.189. The van der Waals surface area contributed by atoms with Gasteiger partial charge in [0.15, 0.2) is 0 Å². The molecule has 1 saturated heterocycles. The van der Waals surface area contributed by atoms with Crippen LogP contribution in [0.5, 0.6) is 0 Å². The summed E-state index contributed by atoms with van der Waals surface area (Å²) in [5.41, 5.74) is 0. The van der Waals surface area contributed by atoms with Gasteiger partial charge in [0.1, 0.15) is 0 Å². The molecule has 0 spiro atoms. The third-order valence-electron chi connectivity index (χ3n) is 3.42. The third-order valence-corrected chi connectivity index (χ3v) is 3.42. The highest BCUT2D eigenvalue weighted by atomic mass is 16.5. The minimum Gasteiger partial charge on any atom is -0.381 e. The Kier molecular flexibility index (Phi) is 8.84. The van der Waals surface area contributed by atoms with Crippen LogP contribution < -0.4 is 10.6 Å². The highest BCUT2D eigenvalue weighted by molar-refractivity contribution is 5.75. The number of hydrogen-bond acceptors (Lipinski definition) is 3. The van der Waals surface area contributed by atoms with Crippen LogP contribution in [0.3, 0.4) is 0 Å². The molecule has 0 radical (unpaired) electrons. The van der Waals surface area contributed by atoms with Crippen molar-refractivity contribution >= 4 is 5.91 Å². The van der Waals surface area contributed by atoms with Gasteiger partial charge in [-0.2, -0.15) is 0 Å². The van der Waals surface area contributed by atoms with Crippen LogP contribution in [0, 0.1) is 11.8 Å². The normalized spacial score (nSPS) is 19.6. The Labute approximate surface area is 117 Å². The molecule has 1 aliphatic rings. The fourth-order valence-corrected chi connectivity index (χ4v) is 2.32. The monoisotopic (exact) mass is 270 g/mol. The lowest BCUT2D eigenvalue weighted by Crippen LogP contribution is -2.31. The van der Waals surface area contributed by atoms with E-state index in [0.717, 1.165) is 45.7 Å². The largest absolute Gasteiger partial charge is 0.381 e. The first kappa shape index (κ1) is 16.4. The molecule has 0 bridgehead atoms. The number of nitrogens with one attached hydrogen (secondary N) is 2. The van der Waals surface area contributed by atoms with E-state index in [9.17, 15) is 4.79 Å². The van der Waals surface area contributed by atoms with Crippen LogP contribution in [0.25, 0.3) is 0 Å². The summed E-state index contributed by atoms with van der Waals surface area (Å²) in [6, 6.07) is 0. The van der Waals surface area contributed by atoms with Gasteiger partial charge in [-0.05, 0) is 50.6 Å². The van der Waals surface area contributed by atoms with E-state index in [1.807, 2.05) is 0 Å². The average molecular weight is 270 g/mol. The summed E-state index contributed by atoms with van der Waals surface area (Å²) in [5.74, 6) is 1.46. The van der Waals surface area contributed by atoms with Gasteiger partial charge in [0.25, 0.3) is 0 Å². The summed E-state index contributed by atoms with van der Waals surface area (Å²) in [4.78, 5) is 11.7. The molecule has 2 N–H and O–H groups in total. The van der Waals surface area contributed by atoms with Crippen LogP contribution in [0.15, 0.2) is 0 Å². The van der Waals surface area contributed by atoms with Crippen molar-refractivity contribution in [3.05, 3.63) is 0 Å². The van der Waals surface area contributed by atoms with Crippen LogP contribution in [0.2, 0.25) is 0 Å². The molecule has 1 amide bonds. The second-order valence-corrected chi connectivity index (χ2v) is 5.92. The molecule has 1 heterocycles. The highest BCUT2D eigenvalue weighted by Crippen LogP contribution is 2.15. The van der Waals surface area contributed by atoms with Crippen LogP contribution in [-0.4, -0.2) is 38.8 Å².